The Hall–Kier alpha value is -3.81. The van der Waals surface area contributed by atoms with Crippen molar-refractivity contribution in [2.75, 3.05) is 55.8 Å². The molecule has 7 heteroatoms. The molecule has 1 aliphatic heterocycles. The number of anilines is 4. The predicted octanol–water partition coefficient (Wildman–Crippen LogP) is 5.01. The summed E-state index contributed by atoms with van der Waals surface area (Å²) in [5, 5.41) is 10.6. The number of hydrogen-bond donors (Lipinski definition) is 3. The number of morpholine rings is 1. The van der Waals surface area contributed by atoms with E-state index in [-0.39, 0.29) is 5.91 Å². The zero-order chi connectivity index (χ0) is 24.0. The number of nitrogens with zero attached hydrogens (tertiary/aromatic N) is 2. The molecule has 0 aliphatic carbocycles. The highest BCUT2D eigenvalue weighted by Gasteiger charge is 2.12. The Kier molecular flexibility index (Phi) is 6.97. The van der Waals surface area contributed by atoms with E-state index in [9.17, 15) is 4.79 Å². The van der Waals surface area contributed by atoms with E-state index >= 15 is 0 Å². The first kappa shape index (κ1) is 23.0. The topological polar surface area (TPSA) is 70.6 Å². The summed E-state index contributed by atoms with van der Waals surface area (Å²) in [4.78, 5) is 15.3. The summed E-state index contributed by atoms with van der Waals surface area (Å²) in [6.45, 7) is 5.54. The minimum atomic E-state index is -0.115. The van der Waals surface area contributed by atoms with Crippen LogP contribution >= 0.6 is 0 Å². The minimum absolute atomic E-state index is 0.115. The van der Waals surface area contributed by atoms with E-state index in [1.54, 1.807) is 0 Å². The first-order chi connectivity index (χ1) is 17.2. The Morgan fingerprint density at radius 1 is 0.829 bits per heavy atom. The molecule has 1 amide bonds. The standard InChI is InChI=1S/C28H31N5O2/c1-29-23-3-5-24(6-4-23)30-25-7-9-26(10-8-25)31-28(34)22-2-11-27-21(20-22)12-13-33(27)15-14-32-16-18-35-19-17-32/h2-13,20,29-30H,14-19H2,1H3,(H,31,34). The van der Waals surface area contributed by atoms with Crippen LogP contribution in [0.1, 0.15) is 10.4 Å². The lowest BCUT2D eigenvalue weighted by Crippen LogP contribution is -2.38. The zero-order valence-corrected chi connectivity index (χ0v) is 20.0. The first-order valence-corrected chi connectivity index (χ1v) is 12.0. The molecule has 1 fully saturated rings. The van der Waals surface area contributed by atoms with Gasteiger partial charge in [0.25, 0.3) is 5.91 Å². The van der Waals surface area contributed by atoms with E-state index in [0.29, 0.717) is 5.56 Å². The molecule has 0 bridgehead atoms. The third-order valence-electron chi connectivity index (χ3n) is 6.40. The van der Waals surface area contributed by atoms with Crippen molar-refractivity contribution < 1.29 is 9.53 Å². The van der Waals surface area contributed by atoms with Crippen molar-refractivity contribution in [3.8, 4) is 0 Å². The number of benzene rings is 3. The molecule has 0 unspecified atom stereocenters. The van der Waals surface area contributed by atoms with E-state index in [2.05, 4.69) is 37.7 Å². The van der Waals surface area contributed by atoms with Gasteiger partial charge in [0.1, 0.15) is 0 Å². The molecule has 7 nitrogen and oxygen atoms in total. The van der Waals surface area contributed by atoms with Gasteiger partial charge in [-0.3, -0.25) is 9.69 Å². The number of aromatic nitrogens is 1. The smallest absolute Gasteiger partial charge is 0.255 e. The third kappa shape index (κ3) is 5.65. The van der Waals surface area contributed by atoms with Crippen LogP contribution in [0.4, 0.5) is 22.7 Å². The van der Waals surface area contributed by atoms with Crippen LogP contribution in [-0.2, 0) is 11.3 Å². The lowest BCUT2D eigenvalue weighted by atomic mass is 10.1. The van der Waals surface area contributed by atoms with E-state index in [0.717, 1.165) is 73.0 Å². The van der Waals surface area contributed by atoms with Crippen LogP contribution in [0.3, 0.4) is 0 Å². The highest BCUT2D eigenvalue weighted by atomic mass is 16.5. The molecular formula is C28H31N5O2. The second kappa shape index (κ2) is 10.6. The van der Waals surface area contributed by atoms with Crippen LogP contribution < -0.4 is 16.0 Å². The van der Waals surface area contributed by atoms with Crippen molar-refractivity contribution in [1.29, 1.82) is 0 Å². The molecule has 3 N–H and O–H groups in total. The summed E-state index contributed by atoms with van der Waals surface area (Å²) in [5.41, 5.74) is 5.58. The maximum absolute atomic E-state index is 12.9. The fourth-order valence-electron chi connectivity index (χ4n) is 4.34. The van der Waals surface area contributed by atoms with E-state index in [4.69, 9.17) is 4.74 Å². The monoisotopic (exact) mass is 469 g/mol. The van der Waals surface area contributed by atoms with Gasteiger partial charge in [0.05, 0.1) is 13.2 Å². The van der Waals surface area contributed by atoms with E-state index < -0.39 is 0 Å². The maximum atomic E-state index is 12.9. The summed E-state index contributed by atoms with van der Waals surface area (Å²) in [5.74, 6) is -0.115. The van der Waals surface area contributed by atoms with E-state index in [1.165, 1.54) is 0 Å². The number of amides is 1. The summed E-state index contributed by atoms with van der Waals surface area (Å²) in [6.07, 6.45) is 2.10. The molecule has 2 heterocycles. The van der Waals surface area contributed by atoms with Crippen LogP contribution in [0.15, 0.2) is 79.0 Å². The molecule has 0 spiro atoms. The molecule has 0 radical (unpaired) electrons. The maximum Gasteiger partial charge on any atom is 0.255 e. The number of nitrogens with one attached hydrogen (secondary N) is 3. The number of fused-ring (bicyclic) bond motifs is 1. The third-order valence-corrected chi connectivity index (χ3v) is 6.40. The number of carbonyl (C=O) groups excluding carboxylic acids is 1. The molecule has 35 heavy (non-hydrogen) atoms. The summed E-state index contributed by atoms with van der Waals surface area (Å²) < 4.78 is 7.69. The van der Waals surface area contributed by atoms with Gasteiger partial charge in [-0.15, -0.1) is 0 Å². The molecule has 0 saturated carbocycles. The van der Waals surface area contributed by atoms with Gasteiger partial charge in [-0.1, -0.05) is 0 Å². The van der Waals surface area contributed by atoms with Crippen molar-refractivity contribution in [3.63, 3.8) is 0 Å². The lowest BCUT2D eigenvalue weighted by molar-refractivity contribution is 0.0365. The Morgan fingerprint density at radius 2 is 1.49 bits per heavy atom. The van der Waals surface area contributed by atoms with Crippen LogP contribution in [-0.4, -0.2) is 55.3 Å². The second-order valence-corrected chi connectivity index (χ2v) is 8.72. The number of carbonyl (C=O) groups is 1. The van der Waals surface area contributed by atoms with E-state index in [1.807, 2.05) is 73.8 Å². The quantitative estimate of drug-likeness (QED) is 0.338. The molecule has 180 valence electrons. The van der Waals surface area contributed by atoms with Crippen LogP contribution in [0.5, 0.6) is 0 Å². The van der Waals surface area contributed by atoms with Gasteiger partial charge in [-0.05, 0) is 72.8 Å². The van der Waals surface area contributed by atoms with Gasteiger partial charge in [0.15, 0.2) is 0 Å². The first-order valence-electron chi connectivity index (χ1n) is 12.0. The average molecular weight is 470 g/mol. The minimum Gasteiger partial charge on any atom is -0.388 e. The lowest BCUT2D eigenvalue weighted by Gasteiger charge is -2.26. The van der Waals surface area contributed by atoms with Crippen LogP contribution in [0, 0.1) is 0 Å². The van der Waals surface area contributed by atoms with Gasteiger partial charge in [0.2, 0.25) is 0 Å². The van der Waals surface area contributed by atoms with Crippen molar-refractivity contribution >= 4 is 39.6 Å². The number of ether oxygens (including phenoxy) is 1. The molecule has 1 saturated heterocycles. The molecular weight excluding hydrogens is 438 g/mol. The van der Waals surface area contributed by atoms with Crippen LogP contribution in [0.25, 0.3) is 10.9 Å². The van der Waals surface area contributed by atoms with Gasteiger partial charge in [0, 0.05) is 78.6 Å². The van der Waals surface area contributed by atoms with Gasteiger partial charge in [-0.25, -0.2) is 0 Å². The second-order valence-electron chi connectivity index (χ2n) is 8.72. The number of hydrogen-bond acceptors (Lipinski definition) is 5. The summed E-state index contributed by atoms with van der Waals surface area (Å²) in [7, 11) is 1.90. The van der Waals surface area contributed by atoms with Gasteiger partial charge < -0.3 is 25.3 Å². The van der Waals surface area contributed by atoms with Gasteiger partial charge in [-0.2, -0.15) is 0 Å². The molecule has 4 aromatic rings. The molecule has 1 aliphatic rings. The average Bonchev–Trinajstić information content (AvgIpc) is 3.32. The number of rotatable bonds is 8. The van der Waals surface area contributed by atoms with Gasteiger partial charge >= 0.3 is 0 Å². The Labute approximate surface area is 205 Å². The fourth-order valence-corrected chi connectivity index (χ4v) is 4.34. The Morgan fingerprint density at radius 3 is 2.17 bits per heavy atom. The SMILES string of the molecule is CNc1ccc(Nc2ccc(NC(=O)c3ccc4c(ccn4CCN4CCOCC4)c3)cc2)cc1. The summed E-state index contributed by atoms with van der Waals surface area (Å²) in [6, 6.07) is 23.8. The Bertz CT molecular complexity index is 1280. The molecule has 3 aromatic carbocycles. The highest BCUT2D eigenvalue weighted by molar-refractivity contribution is 6.06. The van der Waals surface area contributed by atoms with Crippen LogP contribution in [0.2, 0.25) is 0 Å². The van der Waals surface area contributed by atoms with Crippen molar-refractivity contribution in [1.82, 2.24) is 9.47 Å². The predicted molar refractivity (Wildman–Crippen MR) is 143 cm³/mol. The zero-order valence-electron chi connectivity index (χ0n) is 20.0. The largest absolute Gasteiger partial charge is 0.388 e. The molecule has 1 aromatic heterocycles. The summed E-state index contributed by atoms with van der Waals surface area (Å²) >= 11 is 0. The molecule has 0 atom stereocenters. The van der Waals surface area contributed by atoms with Crippen molar-refractivity contribution in [2.45, 2.75) is 6.54 Å². The highest BCUT2D eigenvalue weighted by Crippen LogP contribution is 2.22. The molecule has 5 rings (SSSR count). The Balaban J connectivity index is 1.19. The van der Waals surface area contributed by atoms with Crippen molar-refractivity contribution in [2.24, 2.45) is 0 Å². The van der Waals surface area contributed by atoms with Crippen molar-refractivity contribution in [3.05, 3.63) is 84.6 Å². The fraction of sp³-hybridized carbons (Fsp3) is 0.250. The normalized spacial score (nSPS) is 14.1.